The molecule has 3 aliphatic rings. The summed E-state index contributed by atoms with van der Waals surface area (Å²) in [4.78, 5) is 28.4. The minimum absolute atomic E-state index is 0.0355. The third-order valence-electron chi connectivity index (χ3n) is 5.57. The summed E-state index contributed by atoms with van der Waals surface area (Å²) in [5.74, 6) is -0.633. The lowest BCUT2D eigenvalue weighted by Crippen LogP contribution is -2.46. The van der Waals surface area contributed by atoms with Crippen LogP contribution in [0, 0.1) is 5.92 Å². The van der Waals surface area contributed by atoms with E-state index < -0.39 is 5.97 Å². The highest BCUT2D eigenvalue weighted by Gasteiger charge is 2.32. The molecule has 132 valence electrons. The number of carbonyl (C=O) groups excluding carboxylic acids is 1. The van der Waals surface area contributed by atoms with Crippen molar-refractivity contribution >= 4 is 11.9 Å². The predicted octanol–water partition coefficient (Wildman–Crippen LogP) is 2.44. The van der Waals surface area contributed by atoms with Crippen molar-refractivity contribution < 1.29 is 14.7 Å². The number of amides is 1. The van der Waals surface area contributed by atoms with Gasteiger partial charge in [0.25, 0.3) is 0 Å². The Morgan fingerprint density at radius 3 is 2.50 bits per heavy atom. The number of carboxylic acids is 1. The molecule has 1 N–H and O–H groups in total. The van der Waals surface area contributed by atoms with Gasteiger partial charge >= 0.3 is 5.97 Å². The molecule has 2 aliphatic heterocycles. The van der Waals surface area contributed by atoms with E-state index in [-0.39, 0.29) is 11.8 Å². The van der Waals surface area contributed by atoms with Crippen molar-refractivity contribution in [3.8, 4) is 0 Å². The molecule has 0 aromatic carbocycles. The minimum atomic E-state index is -0.844. The molecule has 0 aromatic rings. The van der Waals surface area contributed by atoms with Crippen LogP contribution < -0.4 is 0 Å². The second-order valence-electron chi connectivity index (χ2n) is 7.16. The van der Waals surface area contributed by atoms with Crippen molar-refractivity contribution in [2.75, 3.05) is 32.7 Å². The second-order valence-corrected chi connectivity index (χ2v) is 7.16. The van der Waals surface area contributed by atoms with Gasteiger partial charge in [-0.1, -0.05) is 24.1 Å². The zero-order valence-corrected chi connectivity index (χ0v) is 14.4. The van der Waals surface area contributed by atoms with E-state index in [1.807, 2.05) is 11.0 Å². The van der Waals surface area contributed by atoms with E-state index in [4.69, 9.17) is 5.11 Å². The molecule has 0 spiro atoms. The Balaban J connectivity index is 1.57. The molecule has 0 bridgehead atoms. The number of carbonyl (C=O) groups is 2. The Morgan fingerprint density at radius 2 is 1.83 bits per heavy atom. The molecule has 0 saturated carbocycles. The first-order valence-corrected chi connectivity index (χ1v) is 9.29. The molecule has 2 saturated heterocycles. The summed E-state index contributed by atoms with van der Waals surface area (Å²) in [5.41, 5.74) is 1.57. The predicted molar refractivity (Wildman–Crippen MR) is 92.6 cm³/mol. The fourth-order valence-electron chi connectivity index (χ4n) is 4.07. The average molecular weight is 332 g/mol. The normalized spacial score (nSPS) is 26.1. The second kappa shape index (κ2) is 7.97. The highest BCUT2D eigenvalue weighted by Crippen LogP contribution is 2.31. The van der Waals surface area contributed by atoms with Crippen LogP contribution in [-0.2, 0) is 9.59 Å². The summed E-state index contributed by atoms with van der Waals surface area (Å²) in [6, 6.07) is 0. The fourth-order valence-corrected chi connectivity index (χ4v) is 4.07. The van der Waals surface area contributed by atoms with Gasteiger partial charge in [-0.15, -0.1) is 0 Å². The summed E-state index contributed by atoms with van der Waals surface area (Å²) in [6.07, 6.45) is 10.6. The lowest BCUT2D eigenvalue weighted by Gasteiger charge is -2.36. The lowest BCUT2D eigenvalue weighted by molar-refractivity contribution is -0.137. The maximum absolute atomic E-state index is 12.8. The topological polar surface area (TPSA) is 60.9 Å². The van der Waals surface area contributed by atoms with Crippen LogP contribution in [0.5, 0.6) is 0 Å². The molecular formula is C19H28N2O3. The van der Waals surface area contributed by atoms with Crippen LogP contribution in [0.15, 0.2) is 23.3 Å². The first kappa shape index (κ1) is 17.2. The van der Waals surface area contributed by atoms with Crippen LogP contribution in [0.2, 0.25) is 0 Å². The van der Waals surface area contributed by atoms with E-state index in [0.717, 1.165) is 38.0 Å². The number of hydrogen-bond donors (Lipinski definition) is 1. The van der Waals surface area contributed by atoms with Gasteiger partial charge in [-0.2, -0.15) is 0 Å². The van der Waals surface area contributed by atoms with Crippen LogP contribution in [0.1, 0.15) is 44.9 Å². The average Bonchev–Trinajstić information content (AvgIpc) is 2.62. The Kier molecular flexibility index (Phi) is 5.72. The molecule has 5 nitrogen and oxygen atoms in total. The Bertz CT molecular complexity index is 547. The molecule has 5 heteroatoms. The van der Waals surface area contributed by atoms with E-state index in [1.165, 1.54) is 32.4 Å². The van der Waals surface area contributed by atoms with Crippen molar-refractivity contribution in [2.45, 2.75) is 44.9 Å². The maximum Gasteiger partial charge on any atom is 0.331 e. The molecule has 1 atom stereocenters. The Labute approximate surface area is 144 Å². The van der Waals surface area contributed by atoms with Gasteiger partial charge in [-0.25, -0.2) is 4.79 Å². The van der Waals surface area contributed by atoms with E-state index in [9.17, 15) is 9.59 Å². The molecule has 3 rings (SSSR count). The molecule has 24 heavy (non-hydrogen) atoms. The van der Waals surface area contributed by atoms with Crippen molar-refractivity contribution in [3.63, 3.8) is 0 Å². The zero-order valence-electron chi connectivity index (χ0n) is 14.4. The van der Waals surface area contributed by atoms with Crippen molar-refractivity contribution in [2.24, 2.45) is 5.92 Å². The molecule has 2 fully saturated rings. The summed E-state index contributed by atoms with van der Waals surface area (Å²) in [6.45, 7) is 5.02. The monoisotopic (exact) mass is 332 g/mol. The van der Waals surface area contributed by atoms with Gasteiger partial charge < -0.3 is 14.9 Å². The van der Waals surface area contributed by atoms with Crippen molar-refractivity contribution in [1.29, 1.82) is 0 Å². The number of aliphatic carboxylic acids is 1. The standard InChI is InChI=1S/C19H28N2O3/c22-18-17(15-6-8-16(9-7-15)19(23)24)5-4-12-21(18)14-13-20-10-2-1-3-11-20/h6,8,17H,1-5,7,9-14H2,(H,23,24). The Morgan fingerprint density at radius 1 is 1.04 bits per heavy atom. The van der Waals surface area contributed by atoms with Gasteiger partial charge in [0, 0.05) is 25.2 Å². The van der Waals surface area contributed by atoms with Gasteiger partial charge in [0.2, 0.25) is 5.91 Å². The highest BCUT2D eigenvalue weighted by atomic mass is 16.4. The maximum atomic E-state index is 12.8. The number of piperidine rings is 2. The van der Waals surface area contributed by atoms with Crippen LogP contribution in [0.3, 0.4) is 0 Å². The van der Waals surface area contributed by atoms with Crippen LogP contribution in [0.4, 0.5) is 0 Å². The van der Waals surface area contributed by atoms with Gasteiger partial charge in [0.15, 0.2) is 0 Å². The minimum Gasteiger partial charge on any atom is -0.478 e. The zero-order chi connectivity index (χ0) is 16.9. The SMILES string of the molecule is O=C(O)C1=CC=C(C2CCCN(CCN3CCCCC3)C2=O)CC1. The van der Waals surface area contributed by atoms with Crippen LogP contribution in [-0.4, -0.2) is 59.5 Å². The summed E-state index contributed by atoms with van der Waals surface area (Å²) < 4.78 is 0. The number of likely N-dealkylation sites (tertiary alicyclic amines) is 2. The van der Waals surface area contributed by atoms with E-state index in [1.54, 1.807) is 6.08 Å². The van der Waals surface area contributed by atoms with Gasteiger partial charge in [-0.05, 0) is 51.6 Å². The van der Waals surface area contributed by atoms with Crippen LogP contribution >= 0.6 is 0 Å². The molecule has 0 radical (unpaired) electrons. The first-order valence-electron chi connectivity index (χ1n) is 9.29. The molecule has 1 unspecified atom stereocenters. The summed E-state index contributed by atoms with van der Waals surface area (Å²) in [7, 11) is 0. The summed E-state index contributed by atoms with van der Waals surface area (Å²) >= 11 is 0. The third-order valence-corrected chi connectivity index (χ3v) is 5.57. The van der Waals surface area contributed by atoms with Gasteiger partial charge in [0.1, 0.15) is 0 Å². The van der Waals surface area contributed by atoms with E-state index in [2.05, 4.69) is 4.90 Å². The summed E-state index contributed by atoms with van der Waals surface area (Å²) in [5, 5.41) is 9.05. The number of allylic oxidation sites excluding steroid dienone is 2. The number of nitrogens with zero attached hydrogens (tertiary/aromatic N) is 2. The molecular weight excluding hydrogens is 304 g/mol. The van der Waals surface area contributed by atoms with Gasteiger partial charge in [0.05, 0.1) is 5.92 Å². The molecule has 0 aromatic heterocycles. The van der Waals surface area contributed by atoms with Crippen LogP contribution in [0.25, 0.3) is 0 Å². The highest BCUT2D eigenvalue weighted by molar-refractivity contribution is 5.88. The number of hydrogen-bond acceptors (Lipinski definition) is 3. The van der Waals surface area contributed by atoms with Gasteiger partial charge in [-0.3, -0.25) is 4.79 Å². The lowest BCUT2D eigenvalue weighted by atomic mass is 9.83. The smallest absolute Gasteiger partial charge is 0.331 e. The largest absolute Gasteiger partial charge is 0.478 e. The number of rotatable bonds is 5. The third kappa shape index (κ3) is 4.07. The molecule has 1 aliphatic carbocycles. The van der Waals surface area contributed by atoms with E-state index >= 15 is 0 Å². The molecule has 1 amide bonds. The first-order chi connectivity index (χ1) is 11.6. The van der Waals surface area contributed by atoms with E-state index in [0.29, 0.717) is 18.4 Å². The molecule has 2 heterocycles. The number of carboxylic acid groups (broad SMARTS) is 1. The quantitative estimate of drug-likeness (QED) is 0.840. The fraction of sp³-hybridized carbons (Fsp3) is 0.684. The van der Waals surface area contributed by atoms with Crippen molar-refractivity contribution in [1.82, 2.24) is 9.80 Å². The van der Waals surface area contributed by atoms with Crippen molar-refractivity contribution in [3.05, 3.63) is 23.3 Å². The Hall–Kier alpha value is -1.62.